The number of benzene rings is 1. The Morgan fingerprint density at radius 1 is 1.33 bits per heavy atom. The molecule has 3 heteroatoms. The van der Waals surface area contributed by atoms with Crippen LogP contribution in [-0.4, -0.2) is 16.6 Å². The van der Waals surface area contributed by atoms with Crippen LogP contribution in [0.1, 0.15) is 36.7 Å². The monoisotopic (exact) mass is 207 g/mol. The number of carbonyl (C=O) groups is 1. The number of carboxylic acid groups (broad SMARTS) is 1. The lowest BCUT2D eigenvalue weighted by atomic mass is 10.0. The number of hydrogen-bond acceptors (Lipinski definition) is 2. The molecule has 0 saturated heterocycles. The van der Waals surface area contributed by atoms with Crippen LogP contribution in [0.5, 0.6) is 0 Å². The first-order valence-electron chi connectivity index (χ1n) is 4.92. The first-order valence-corrected chi connectivity index (χ1v) is 4.92. The van der Waals surface area contributed by atoms with E-state index in [0.29, 0.717) is 11.3 Å². The highest BCUT2D eigenvalue weighted by Crippen LogP contribution is 2.21. The Kier molecular flexibility index (Phi) is 3.03. The van der Waals surface area contributed by atoms with E-state index in [-0.39, 0.29) is 5.54 Å². The quantitative estimate of drug-likeness (QED) is 0.784. The predicted molar refractivity (Wildman–Crippen MR) is 61.5 cm³/mol. The van der Waals surface area contributed by atoms with Gasteiger partial charge in [0.25, 0.3) is 0 Å². The van der Waals surface area contributed by atoms with Crippen molar-refractivity contribution in [3.8, 4) is 0 Å². The third-order valence-electron chi connectivity index (χ3n) is 1.92. The lowest BCUT2D eigenvalue weighted by Gasteiger charge is -2.23. The zero-order valence-electron chi connectivity index (χ0n) is 9.59. The average molecular weight is 207 g/mol. The van der Waals surface area contributed by atoms with Gasteiger partial charge in [0.15, 0.2) is 0 Å². The lowest BCUT2D eigenvalue weighted by molar-refractivity contribution is 0.0698. The molecule has 3 nitrogen and oxygen atoms in total. The van der Waals surface area contributed by atoms with E-state index in [9.17, 15) is 4.79 Å². The molecule has 82 valence electrons. The molecule has 0 aromatic heterocycles. The molecule has 0 aliphatic heterocycles. The van der Waals surface area contributed by atoms with Gasteiger partial charge in [-0.1, -0.05) is 6.07 Å². The standard InChI is InChI=1S/C12H17NO2/c1-8-5-6-9(11(14)15)10(7-8)13-12(2,3)4/h5-7,13H,1-4H3,(H,14,15). The van der Waals surface area contributed by atoms with Crippen LogP contribution in [0.3, 0.4) is 0 Å². The SMILES string of the molecule is Cc1ccc(C(=O)O)c(NC(C)(C)C)c1. The highest BCUT2D eigenvalue weighted by Gasteiger charge is 2.15. The summed E-state index contributed by atoms with van der Waals surface area (Å²) in [5.41, 5.74) is 1.90. The average Bonchev–Trinajstić information content (AvgIpc) is 1.99. The fourth-order valence-corrected chi connectivity index (χ4v) is 1.35. The van der Waals surface area contributed by atoms with Crippen LogP contribution in [0.15, 0.2) is 18.2 Å². The lowest BCUT2D eigenvalue weighted by Crippen LogP contribution is -2.27. The Bertz CT molecular complexity index is 378. The summed E-state index contributed by atoms with van der Waals surface area (Å²) < 4.78 is 0. The third-order valence-corrected chi connectivity index (χ3v) is 1.92. The van der Waals surface area contributed by atoms with Crippen LogP contribution in [-0.2, 0) is 0 Å². The zero-order valence-corrected chi connectivity index (χ0v) is 9.59. The molecule has 0 spiro atoms. The Hall–Kier alpha value is -1.51. The van der Waals surface area contributed by atoms with Gasteiger partial charge in [-0.2, -0.15) is 0 Å². The molecule has 0 fully saturated rings. The Balaban J connectivity index is 3.13. The van der Waals surface area contributed by atoms with Crippen molar-refractivity contribution in [3.05, 3.63) is 29.3 Å². The van der Waals surface area contributed by atoms with Gasteiger partial charge >= 0.3 is 5.97 Å². The Morgan fingerprint density at radius 3 is 2.40 bits per heavy atom. The Morgan fingerprint density at radius 2 is 1.93 bits per heavy atom. The molecule has 0 aliphatic carbocycles. The van der Waals surface area contributed by atoms with Crippen LogP contribution in [0, 0.1) is 6.92 Å². The van der Waals surface area contributed by atoms with Crippen molar-refractivity contribution in [2.45, 2.75) is 33.2 Å². The molecule has 0 saturated carbocycles. The topological polar surface area (TPSA) is 49.3 Å². The van der Waals surface area contributed by atoms with Gasteiger partial charge in [-0.3, -0.25) is 0 Å². The summed E-state index contributed by atoms with van der Waals surface area (Å²) in [6.07, 6.45) is 0. The summed E-state index contributed by atoms with van der Waals surface area (Å²) in [6, 6.07) is 5.29. The molecule has 0 heterocycles. The van der Waals surface area contributed by atoms with Gasteiger partial charge < -0.3 is 10.4 Å². The number of aromatic carboxylic acids is 1. The van der Waals surface area contributed by atoms with Crippen molar-refractivity contribution in [1.82, 2.24) is 0 Å². The summed E-state index contributed by atoms with van der Waals surface area (Å²) in [5.74, 6) is -0.901. The van der Waals surface area contributed by atoms with Crippen molar-refractivity contribution in [1.29, 1.82) is 0 Å². The minimum atomic E-state index is -0.901. The van der Waals surface area contributed by atoms with E-state index in [2.05, 4.69) is 5.32 Å². The van der Waals surface area contributed by atoms with E-state index in [1.807, 2.05) is 33.8 Å². The van der Waals surface area contributed by atoms with Crippen LogP contribution in [0.25, 0.3) is 0 Å². The highest BCUT2D eigenvalue weighted by atomic mass is 16.4. The second kappa shape index (κ2) is 3.93. The van der Waals surface area contributed by atoms with E-state index >= 15 is 0 Å². The second-order valence-electron chi connectivity index (χ2n) is 4.73. The normalized spacial score (nSPS) is 11.2. The summed E-state index contributed by atoms with van der Waals surface area (Å²) in [7, 11) is 0. The molecule has 1 rings (SSSR count). The van der Waals surface area contributed by atoms with Crippen molar-refractivity contribution >= 4 is 11.7 Å². The summed E-state index contributed by atoms with van der Waals surface area (Å²) in [5, 5.41) is 12.2. The number of hydrogen-bond donors (Lipinski definition) is 2. The fraction of sp³-hybridized carbons (Fsp3) is 0.417. The minimum absolute atomic E-state index is 0.141. The van der Waals surface area contributed by atoms with Crippen LogP contribution in [0.2, 0.25) is 0 Å². The van der Waals surface area contributed by atoms with E-state index in [1.54, 1.807) is 12.1 Å². The van der Waals surface area contributed by atoms with E-state index in [1.165, 1.54) is 0 Å². The predicted octanol–water partition coefficient (Wildman–Crippen LogP) is 2.90. The third kappa shape index (κ3) is 3.27. The molecule has 15 heavy (non-hydrogen) atoms. The van der Waals surface area contributed by atoms with Gasteiger partial charge in [0.2, 0.25) is 0 Å². The largest absolute Gasteiger partial charge is 0.478 e. The molecule has 0 unspecified atom stereocenters. The van der Waals surface area contributed by atoms with Gasteiger partial charge in [0.1, 0.15) is 0 Å². The molecule has 0 radical (unpaired) electrons. The van der Waals surface area contributed by atoms with Crippen LogP contribution >= 0.6 is 0 Å². The maximum atomic E-state index is 11.0. The summed E-state index contributed by atoms with van der Waals surface area (Å²) in [4.78, 5) is 11.0. The van der Waals surface area contributed by atoms with Gasteiger partial charge in [-0.05, 0) is 45.4 Å². The first-order chi connectivity index (χ1) is 6.79. The van der Waals surface area contributed by atoms with Crippen molar-refractivity contribution in [2.24, 2.45) is 0 Å². The maximum Gasteiger partial charge on any atom is 0.337 e. The fourth-order valence-electron chi connectivity index (χ4n) is 1.35. The molecule has 2 N–H and O–H groups in total. The smallest absolute Gasteiger partial charge is 0.337 e. The van der Waals surface area contributed by atoms with Crippen molar-refractivity contribution in [3.63, 3.8) is 0 Å². The van der Waals surface area contributed by atoms with E-state index in [0.717, 1.165) is 5.56 Å². The molecule has 0 aliphatic rings. The number of carboxylic acids is 1. The molecule has 1 aromatic carbocycles. The molecule has 0 atom stereocenters. The maximum absolute atomic E-state index is 11.0. The van der Waals surface area contributed by atoms with E-state index < -0.39 is 5.97 Å². The van der Waals surface area contributed by atoms with Crippen LogP contribution in [0.4, 0.5) is 5.69 Å². The van der Waals surface area contributed by atoms with Gasteiger partial charge in [-0.25, -0.2) is 4.79 Å². The van der Waals surface area contributed by atoms with Gasteiger partial charge in [-0.15, -0.1) is 0 Å². The minimum Gasteiger partial charge on any atom is -0.478 e. The number of nitrogens with one attached hydrogen (secondary N) is 1. The van der Waals surface area contributed by atoms with Crippen molar-refractivity contribution in [2.75, 3.05) is 5.32 Å². The van der Waals surface area contributed by atoms with Gasteiger partial charge in [0.05, 0.1) is 5.56 Å². The molecule has 1 aromatic rings. The van der Waals surface area contributed by atoms with Crippen molar-refractivity contribution < 1.29 is 9.90 Å². The van der Waals surface area contributed by atoms with Crippen LogP contribution < -0.4 is 5.32 Å². The first kappa shape index (κ1) is 11.6. The Labute approximate surface area is 90.1 Å². The zero-order chi connectivity index (χ0) is 11.6. The number of rotatable bonds is 2. The van der Waals surface area contributed by atoms with E-state index in [4.69, 9.17) is 5.11 Å². The summed E-state index contributed by atoms with van der Waals surface area (Å²) in [6.45, 7) is 7.95. The molecular weight excluding hydrogens is 190 g/mol. The number of anilines is 1. The summed E-state index contributed by atoms with van der Waals surface area (Å²) >= 11 is 0. The van der Waals surface area contributed by atoms with Gasteiger partial charge in [0, 0.05) is 11.2 Å². The molecular formula is C12H17NO2. The number of aryl methyl sites for hydroxylation is 1. The second-order valence-corrected chi connectivity index (χ2v) is 4.73. The molecule has 0 amide bonds. The highest BCUT2D eigenvalue weighted by molar-refractivity contribution is 5.94. The molecule has 0 bridgehead atoms.